The topological polar surface area (TPSA) is 32.3 Å². The van der Waals surface area contributed by atoms with Gasteiger partial charge in [0.25, 0.3) is 0 Å². The highest BCUT2D eigenvalue weighted by Crippen LogP contribution is 2.69. The second kappa shape index (κ2) is 6.17. The molecule has 2 nitrogen and oxygen atoms in total. The van der Waals surface area contributed by atoms with Crippen LogP contribution in [-0.2, 0) is 6.54 Å². The van der Waals surface area contributed by atoms with E-state index in [0.717, 1.165) is 29.0 Å². The van der Waals surface area contributed by atoms with E-state index >= 15 is 0 Å². The molecule has 5 rings (SSSR count). The Hall–Kier alpha value is -0.250. The summed E-state index contributed by atoms with van der Waals surface area (Å²) in [6, 6.07) is 5.68. The number of halogens is 2. The maximum atomic E-state index is 10.0. The molecular weight excluding hydrogens is 386 g/mol. The number of nitrogens with one attached hydrogen (secondary N) is 1. The summed E-state index contributed by atoms with van der Waals surface area (Å²) in [5.41, 5.74) is 2.63. The predicted octanol–water partition coefficient (Wildman–Crippen LogP) is 5.66. The molecule has 134 valence electrons. The van der Waals surface area contributed by atoms with Gasteiger partial charge in [-0.1, -0.05) is 29.8 Å². The summed E-state index contributed by atoms with van der Waals surface area (Å²) in [7, 11) is 0. The lowest BCUT2D eigenvalue weighted by Crippen LogP contribution is -2.57. The highest BCUT2D eigenvalue weighted by molar-refractivity contribution is 9.10. The van der Waals surface area contributed by atoms with Gasteiger partial charge >= 0.3 is 0 Å². The smallest absolute Gasteiger partial charge is 0.120 e. The van der Waals surface area contributed by atoms with Crippen LogP contribution in [0.25, 0.3) is 0 Å². The van der Waals surface area contributed by atoms with Crippen LogP contribution >= 0.6 is 28.3 Å². The molecule has 4 saturated carbocycles. The molecule has 0 aliphatic heterocycles. The molecule has 2 unspecified atom stereocenters. The lowest BCUT2D eigenvalue weighted by molar-refractivity contribution is -0.143. The molecule has 0 amide bonds. The van der Waals surface area contributed by atoms with Crippen molar-refractivity contribution in [1.82, 2.24) is 5.32 Å². The number of phenolic OH excluding ortho intramolecular Hbond substituents is 1. The Labute approximate surface area is 160 Å². The Morgan fingerprint density at radius 1 is 1.12 bits per heavy atom. The Balaban J connectivity index is 0.00000169. The predicted molar refractivity (Wildman–Crippen MR) is 105 cm³/mol. The summed E-state index contributed by atoms with van der Waals surface area (Å²) < 4.78 is 1.03. The van der Waals surface area contributed by atoms with E-state index in [2.05, 4.69) is 35.1 Å². The van der Waals surface area contributed by atoms with Crippen LogP contribution in [-0.4, -0.2) is 11.7 Å². The van der Waals surface area contributed by atoms with Crippen molar-refractivity contribution in [2.75, 3.05) is 6.54 Å². The summed E-state index contributed by atoms with van der Waals surface area (Å²) in [5.74, 6) is 1.34. The summed E-state index contributed by atoms with van der Waals surface area (Å²) >= 11 is 3.49. The van der Waals surface area contributed by atoms with Gasteiger partial charge in [0.15, 0.2) is 0 Å². The largest absolute Gasteiger partial charge is 0.508 e. The first kappa shape index (κ1) is 18.5. The molecule has 2 atom stereocenters. The molecular formula is C20H29BrClNO. The maximum absolute atomic E-state index is 10.0. The van der Waals surface area contributed by atoms with Crippen LogP contribution in [0.3, 0.4) is 0 Å². The van der Waals surface area contributed by atoms with Gasteiger partial charge in [0, 0.05) is 23.1 Å². The molecule has 4 aliphatic carbocycles. The SMILES string of the molecule is CC12CC3CC(C)(C1)CC(CNCc1cc(Br)ccc1O)(C3)C2.Cl. The molecule has 4 bridgehead atoms. The fourth-order valence-electron chi connectivity index (χ4n) is 7.04. The van der Waals surface area contributed by atoms with E-state index in [1.54, 1.807) is 6.07 Å². The number of rotatable bonds is 4. The van der Waals surface area contributed by atoms with E-state index < -0.39 is 0 Å². The van der Waals surface area contributed by atoms with E-state index in [4.69, 9.17) is 0 Å². The zero-order valence-corrected chi connectivity index (χ0v) is 17.1. The fraction of sp³-hybridized carbons (Fsp3) is 0.700. The van der Waals surface area contributed by atoms with Gasteiger partial charge in [-0.15, -0.1) is 12.4 Å². The van der Waals surface area contributed by atoms with Crippen LogP contribution in [0.4, 0.5) is 0 Å². The van der Waals surface area contributed by atoms with Gasteiger partial charge < -0.3 is 10.4 Å². The van der Waals surface area contributed by atoms with Gasteiger partial charge in [-0.3, -0.25) is 0 Å². The van der Waals surface area contributed by atoms with E-state index in [0.29, 0.717) is 22.0 Å². The van der Waals surface area contributed by atoms with Crippen molar-refractivity contribution < 1.29 is 5.11 Å². The van der Waals surface area contributed by atoms with Gasteiger partial charge in [-0.25, -0.2) is 0 Å². The van der Waals surface area contributed by atoms with Gasteiger partial charge in [0.2, 0.25) is 0 Å². The van der Waals surface area contributed by atoms with Gasteiger partial charge in [0.05, 0.1) is 0 Å². The number of phenols is 1. The van der Waals surface area contributed by atoms with Gasteiger partial charge in [0.1, 0.15) is 5.75 Å². The van der Waals surface area contributed by atoms with E-state index in [-0.39, 0.29) is 12.4 Å². The van der Waals surface area contributed by atoms with Crippen molar-refractivity contribution in [3.05, 3.63) is 28.2 Å². The van der Waals surface area contributed by atoms with Crippen molar-refractivity contribution >= 4 is 28.3 Å². The van der Waals surface area contributed by atoms with E-state index in [1.807, 2.05) is 12.1 Å². The maximum Gasteiger partial charge on any atom is 0.120 e. The minimum Gasteiger partial charge on any atom is -0.508 e. The summed E-state index contributed by atoms with van der Waals surface area (Å²) in [5, 5.41) is 13.7. The first-order valence-electron chi connectivity index (χ1n) is 8.97. The molecule has 0 aromatic heterocycles. The highest BCUT2D eigenvalue weighted by Gasteiger charge is 2.59. The molecule has 0 saturated heterocycles. The minimum absolute atomic E-state index is 0. The minimum atomic E-state index is 0. The third kappa shape index (κ3) is 3.37. The van der Waals surface area contributed by atoms with Crippen LogP contribution in [0.15, 0.2) is 22.7 Å². The highest BCUT2D eigenvalue weighted by atomic mass is 79.9. The van der Waals surface area contributed by atoms with Gasteiger partial charge in [-0.2, -0.15) is 0 Å². The number of benzene rings is 1. The molecule has 1 aromatic rings. The van der Waals surface area contributed by atoms with Crippen LogP contribution in [0.1, 0.15) is 57.9 Å². The van der Waals surface area contributed by atoms with Crippen molar-refractivity contribution in [3.8, 4) is 5.75 Å². The Morgan fingerprint density at radius 2 is 1.79 bits per heavy atom. The normalized spacial score (nSPS) is 39.7. The molecule has 1 aromatic carbocycles. The van der Waals surface area contributed by atoms with Crippen LogP contribution in [0, 0.1) is 22.2 Å². The van der Waals surface area contributed by atoms with Crippen LogP contribution in [0.2, 0.25) is 0 Å². The monoisotopic (exact) mass is 413 g/mol. The lowest BCUT2D eigenvalue weighted by Gasteiger charge is -2.65. The number of aromatic hydroxyl groups is 1. The Bertz CT molecular complexity index is 616. The average molecular weight is 415 g/mol. The molecule has 0 radical (unpaired) electrons. The summed E-state index contributed by atoms with van der Waals surface area (Å²) in [4.78, 5) is 0. The molecule has 2 N–H and O–H groups in total. The summed E-state index contributed by atoms with van der Waals surface area (Å²) in [6.45, 7) is 6.92. The molecule has 0 heterocycles. The van der Waals surface area contributed by atoms with Crippen LogP contribution < -0.4 is 5.32 Å². The van der Waals surface area contributed by atoms with Crippen molar-refractivity contribution in [2.24, 2.45) is 22.2 Å². The first-order valence-corrected chi connectivity index (χ1v) is 9.76. The second-order valence-electron chi connectivity index (χ2n) is 9.51. The quantitative estimate of drug-likeness (QED) is 0.666. The molecule has 4 fully saturated rings. The number of hydrogen-bond acceptors (Lipinski definition) is 2. The summed E-state index contributed by atoms with van der Waals surface area (Å²) in [6.07, 6.45) is 8.54. The Kier molecular flexibility index (Phi) is 4.77. The van der Waals surface area contributed by atoms with E-state index in [9.17, 15) is 5.11 Å². The van der Waals surface area contributed by atoms with Crippen molar-refractivity contribution in [3.63, 3.8) is 0 Å². The molecule has 4 heteroatoms. The lowest BCUT2D eigenvalue weighted by atomic mass is 9.40. The van der Waals surface area contributed by atoms with E-state index in [1.165, 1.54) is 38.5 Å². The molecule has 4 aliphatic rings. The zero-order valence-electron chi connectivity index (χ0n) is 14.7. The third-order valence-corrected chi connectivity index (χ3v) is 7.09. The molecule has 0 spiro atoms. The Morgan fingerprint density at radius 3 is 2.42 bits per heavy atom. The van der Waals surface area contributed by atoms with Crippen molar-refractivity contribution in [1.29, 1.82) is 0 Å². The second-order valence-corrected chi connectivity index (χ2v) is 10.4. The number of hydrogen-bond donors (Lipinski definition) is 2. The molecule has 24 heavy (non-hydrogen) atoms. The zero-order chi connectivity index (χ0) is 16.3. The van der Waals surface area contributed by atoms with Crippen LogP contribution in [0.5, 0.6) is 5.75 Å². The van der Waals surface area contributed by atoms with Gasteiger partial charge in [-0.05, 0) is 78.9 Å². The van der Waals surface area contributed by atoms with Crippen molar-refractivity contribution in [2.45, 2.75) is 58.9 Å². The first-order chi connectivity index (χ1) is 10.8. The standard InChI is InChI=1S/C20H28BrNO.ClH/c1-18-6-14-7-19(2,10-18)12-20(8-14,11-18)13-22-9-15-5-16(21)3-4-17(15)23;/h3-5,14,22-23H,6-13H2,1-2H3;1H. The fourth-order valence-corrected chi connectivity index (χ4v) is 7.45. The average Bonchev–Trinajstić information content (AvgIpc) is 2.38. The third-order valence-electron chi connectivity index (χ3n) is 6.60.